The van der Waals surface area contributed by atoms with Crippen molar-refractivity contribution in [2.24, 2.45) is 0 Å². The van der Waals surface area contributed by atoms with E-state index in [0.717, 1.165) is 60.9 Å². The summed E-state index contributed by atoms with van der Waals surface area (Å²) in [5, 5.41) is 1.04. The van der Waals surface area contributed by atoms with Gasteiger partial charge in [0.1, 0.15) is 0 Å². The molecule has 4 rings (SSSR count). The fourth-order valence-corrected chi connectivity index (χ4v) is 4.05. The van der Waals surface area contributed by atoms with Crippen LogP contribution in [0.3, 0.4) is 0 Å². The highest BCUT2D eigenvalue weighted by Crippen LogP contribution is 2.30. The van der Waals surface area contributed by atoms with Crippen molar-refractivity contribution < 1.29 is 4.79 Å². The van der Waals surface area contributed by atoms with Gasteiger partial charge in [-0.1, -0.05) is 31.0 Å². The molecule has 1 aromatic carbocycles. The minimum atomic E-state index is 0.239. The maximum Gasteiger partial charge on any atom is 0.254 e. The highest BCUT2D eigenvalue weighted by molar-refractivity contribution is 6.07. The summed E-state index contributed by atoms with van der Waals surface area (Å²) in [6.07, 6.45) is 9.15. The van der Waals surface area contributed by atoms with E-state index >= 15 is 0 Å². The van der Waals surface area contributed by atoms with Crippen LogP contribution < -0.4 is 0 Å². The molecule has 0 N–H and O–H groups in total. The summed E-state index contributed by atoms with van der Waals surface area (Å²) in [6.45, 7) is 1.81. The van der Waals surface area contributed by atoms with Crippen LogP contribution in [0.5, 0.6) is 0 Å². The van der Waals surface area contributed by atoms with Crippen LogP contribution >= 0.6 is 0 Å². The Balaban J connectivity index is 1.85. The molecular formula is C20H24N2O. The van der Waals surface area contributed by atoms with Gasteiger partial charge < -0.3 is 4.90 Å². The second kappa shape index (κ2) is 6.31. The molecule has 0 unspecified atom stereocenters. The number of para-hydroxylation sites is 1. The lowest BCUT2D eigenvalue weighted by molar-refractivity contribution is 0.0762. The number of amides is 1. The van der Waals surface area contributed by atoms with Crippen LogP contribution in [0.4, 0.5) is 0 Å². The Kier molecular flexibility index (Phi) is 4.02. The van der Waals surface area contributed by atoms with Crippen molar-refractivity contribution in [3.8, 4) is 0 Å². The van der Waals surface area contributed by atoms with E-state index in [0.29, 0.717) is 0 Å². The maximum atomic E-state index is 13.3. The molecule has 2 heterocycles. The molecule has 1 aliphatic heterocycles. The predicted molar refractivity (Wildman–Crippen MR) is 92.8 cm³/mol. The molecule has 1 aromatic heterocycles. The molecule has 23 heavy (non-hydrogen) atoms. The fourth-order valence-electron chi connectivity index (χ4n) is 4.05. The first-order chi connectivity index (χ1) is 11.3. The summed E-state index contributed by atoms with van der Waals surface area (Å²) >= 11 is 0. The summed E-state index contributed by atoms with van der Waals surface area (Å²) in [6, 6.07) is 8.16. The van der Waals surface area contributed by atoms with Gasteiger partial charge in [0.15, 0.2) is 0 Å². The van der Waals surface area contributed by atoms with Crippen molar-refractivity contribution in [1.82, 2.24) is 9.88 Å². The zero-order valence-electron chi connectivity index (χ0n) is 13.7. The Morgan fingerprint density at radius 2 is 1.65 bits per heavy atom. The van der Waals surface area contributed by atoms with Crippen molar-refractivity contribution >= 4 is 16.8 Å². The Morgan fingerprint density at radius 3 is 2.48 bits per heavy atom. The van der Waals surface area contributed by atoms with Crippen molar-refractivity contribution in [2.75, 3.05) is 13.1 Å². The number of carbonyl (C=O) groups excluding carboxylic acids is 1. The molecule has 0 bridgehead atoms. The van der Waals surface area contributed by atoms with E-state index in [-0.39, 0.29) is 5.91 Å². The normalized spacial score (nSPS) is 18.5. The number of likely N-dealkylation sites (tertiary alicyclic amines) is 1. The van der Waals surface area contributed by atoms with E-state index in [4.69, 9.17) is 4.98 Å². The largest absolute Gasteiger partial charge is 0.339 e. The lowest BCUT2D eigenvalue weighted by atomic mass is 9.89. The van der Waals surface area contributed by atoms with Gasteiger partial charge in [-0.05, 0) is 50.2 Å². The topological polar surface area (TPSA) is 33.2 Å². The summed E-state index contributed by atoms with van der Waals surface area (Å²) < 4.78 is 0. The van der Waals surface area contributed by atoms with Crippen molar-refractivity contribution in [3.05, 3.63) is 41.1 Å². The predicted octanol–water partition coefficient (Wildman–Crippen LogP) is 4.13. The zero-order chi connectivity index (χ0) is 15.6. The van der Waals surface area contributed by atoms with Crippen LogP contribution in [-0.4, -0.2) is 28.9 Å². The highest BCUT2D eigenvalue weighted by Gasteiger charge is 2.26. The van der Waals surface area contributed by atoms with Crippen LogP contribution in [-0.2, 0) is 12.8 Å². The number of rotatable bonds is 1. The molecule has 0 atom stereocenters. The Labute approximate surface area is 137 Å². The second-order valence-electron chi connectivity index (χ2n) is 6.84. The number of aromatic nitrogens is 1. The monoisotopic (exact) mass is 308 g/mol. The van der Waals surface area contributed by atoms with Gasteiger partial charge in [-0.2, -0.15) is 0 Å². The van der Waals surface area contributed by atoms with E-state index in [9.17, 15) is 4.79 Å². The Morgan fingerprint density at radius 1 is 0.913 bits per heavy atom. The summed E-state index contributed by atoms with van der Waals surface area (Å²) in [7, 11) is 0. The van der Waals surface area contributed by atoms with Crippen molar-refractivity contribution in [3.63, 3.8) is 0 Å². The molecule has 0 spiro atoms. The smallest absolute Gasteiger partial charge is 0.254 e. The van der Waals surface area contributed by atoms with Gasteiger partial charge in [0.25, 0.3) is 5.91 Å². The first-order valence-electron chi connectivity index (χ1n) is 9.04. The molecule has 2 aromatic rings. The van der Waals surface area contributed by atoms with E-state index in [2.05, 4.69) is 11.0 Å². The summed E-state index contributed by atoms with van der Waals surface area (Å²) in [5.74, 6) is 0.239. The van der Waals surface area contributed by atoms with Crippen LogP contribution in [0, 0.1) is 0 Å². The van der Waals surface area contributed by atoms with Crippen molar-refractivity contribution in [2.45, 2.75) is 51.4 Å². The van der Waals surface area contributed by atoms with Gasteiger partial charge in [0, 0.05) is 24.2 Å². The number of nitrogens with zero attached hydrogens (tertiary/aromatic N) is 2. The summed E-state index contributed by atoms with van der Waals surface area (Å²) in [4.78, 5) is 20.3. The van der Waals surface area contributed by atoms with Gasteiger partial charge in [-0.25, -0.2) is 0 Å². The molecule has 1 fully saturated rings. The minimum Gasteiger partial charge on any atom is -0.339 e. The standard InChI is InChI=1S/C20H24N2O/c23-20(22-13-7-1-2-8-14-22)19-15-9-3-5-11-17(15)21-18-12-6-4-10-16(18)19/h3,5,9,11H,1-2,4,6-8,10,12-14H2. The van der Waals surface area contributed by atoms with Gasteiger partial charge in [-0.3, -0.25) is 9.78 Å². The average Bonchev–Trinajstić information content (AvgIpc) is 2.88. The number of carbonyl (C=O) groups is 1. The molecular weight excluding hydrogens is 284 g/mol. The summed E-state index contributed by atoms with van der Waals surface area (Å²) in [5.41, 5.74) is 4.32. The van der Waals surface area contributed by atoms with Gasteiger partial charge in [0.05, 0.1) is 11.1 Å². The quantitative estimate of drug-likeness (QED) is 0.793. The molecule has 2 aliphatic rings. The van der Waals surface area contributed by atoms with Crippen LogP contribution in [0.15, 0.2) is 24.3 Å². The number of benzene rings is 1. The van der Waals surface area contributed by atoms with E-state index < -0.39 is 0 Å². The molecule has 0 radical (unpaired) electrons. The molecule has 1 saturated heterocycles. The molecule has 3 nitrogen and oxygen atoms in total. The number of pyridine rings is 1. The molecule has 0 saturated carbocycles. The van der Waals surface area contributed by atoms with E-state index in [1.807, 2.05) is 18.2 Å². The molecule has 1 aliphatic carbocycles. The lowest BCUT2D eigenvalue weighted by Crippen LogP contribution is -2.33. The van der Waals surface area contributed by atoms with Crippen LogP contribution in [0.25, 0.3) is 10.9 Å². The zero-order valence-corrected chi connectivity index (χ0v) is 13.7. The lowest BCUT2D eigenvalue weighted by Gasteiger charge is -2.25. The minimum absolute atomic E-state index is 0.239. The Bertz CT molecular complexity index is 730. The van der Waals surface area contributed by atoms with Gasteiger partial charge in [0.2, 0.25) is 0 Å². The van der Waals surface area contributed by atoms with Crippen molar-refractivity contribution in [1.29, 1.82) is 0 Å². The average molecular weight is 308 g/mol. The molecule has 3 heteroatoms. The van der Waals surface area contributed by atoms with E-state index in [1.54, 1.807) is 0 Å². The Hall–Kier alpha value is -1.90. The van der Waals surface area contributed by atoms with Gasteiger partial charge >= 0.3 is 0 Å². The van der Waals surface area contributed by atoms with Gasteiger partial charge in [-0.15, -0.1) is 0 Å². The fraction of sp³-hybridized carbons (Fsp3) is 0.500. The third-order valence-electron chi connectivity index (χ3n) is 5.28. The SMILES string of the molecule is O=C(c1c2c(nc3ccccc13)CCCC2)N1CCCCCC1. The number of fused-ring (bicyclic) bond motifs is 2. The van der Waals surface area contributed by atoms with E-state index in [1.165, 1.54) is 31.2 Å². The molecule has 120 valence electrons. The third-order valence-corrected chi connectivity index (χ3v) is 5.28. The number of aryl methyl sites for hydroxylation is 1. The first kappa shape index (κ1) is 14.7. The maximum absolute atomic E-state index is 13.3. The van der Waals surface area contributed by atoms with Crippen LogP contribution in [0.1, 0.15) is 60.1 Å². The molecule has 1 amide bonds. The van der Waals surface area contributed by atoms with Crippen LogP contribution in [0.2, 0.25) is 0 Å². The number of hydrogen-bond donors (Lipinski definition) is 0. The number of hydrogen-bond acceptors (Lipinski definition) is 2. The second-order valence-corrected chi connectivity index (χ2v) is 6.84. The first-order valence-corrected chi connectivity index (χ1v) is 9.04. The highest BCUT2D eigenvalue weighted by atomic mass is 16.2. The third kappa shape index (κ3) is 2.73.